The highest BCUT2D eigenvalue weighted by atomic mass is 19.4. The van der Waals surface area contributed by atoms with Crippen molar-refractivity contribution in [3.63, 3.8) is 0 Å². The Morgan fingerprint density at radius 3 is 2.36 bits per heavy atom. The van der Waals surface area contributed by atoms with Crippen molar-refractivity contribution in [1.29, 1.82) is 0 Å². The number of aliphatic hydroxyl groups is 1. The fourth-order valence-electron chi connectivity index (χ4n) is 1.15. The highest BCUT2D eigenvalue weighted by Gasteiger charge is 2.41. The summed E-state index contributed by atoms with van der Waals surface area (Å²) in [5.41, 5.74) is 0. The molecule has 0 amide bonds. The van der Waals surface area contributed by atoms with Crippen LogP contribution in [0.3, 0.4) is 0 Å². The van der Waals surface area contributed by atoms with Crippen molar-refractivity contribution in [2.45, 2.75) is 31.2 Å². The summed E-state index contributed by atoms with van der Waals surface area (Å²) in [5, 5.41) is 11.2. The maximum Gasteiger partial charge on any atom is 0.403 e. The molecular formula is C6H10F3NO. The minimum atomic E-state index is -4.22. The summed E-state index contributed by atoms with van der Waals surface area (Å²) in [6.07, 6.45) is -4.83. The van der Waals surface area contributed by atoms with Crippen molar-refractivity contribution < 1.29 is 18.3 Å². The minimum absolute atomic E-state index is 0.219. The second-order valence-electron chi connectivity index (χ2n) is 2.73. The standard InChI is InChI=1S/C6H10F3NO/c7-6(8,9)5-3-4(11)1-2-10-5/h4-5,10-11H,1-3H2. The Hall–Kier alpha value is -0.290. The summed E-state index contributed by atoms with van der Waals surface area (Å²) >= 11 is 0. The molecule has 1 aliphatic heterocycles. The van der Waals surface area contributed by atoms with Gasteiger partial charge < -0.3 is 10.4 Å². The Bertz CT molecular complexity index is 136. The lowest BCUT2D eigenvalue weighted by atomic mass is 10.0. The van der Waals surface area contributed by atoms with Gasteiger partial charge in [0.15, 0.2) is 0 Å². The third-order valence-electron chi connectivity index (χ3n) is 1.77. The fourth-order valence-corrected chi connectivity index (χ4v) is 1.15. The maximum absolute atomic E-state index is 11.9. The average Bonchev–Trinajstić information content (AvgIpc) is 1.86. The summed E-state index contributed by atoms with van der Waals surface area (Å²) < 4.78 is 35.8. The summed E-state index contributed by atoms with van der Waals surface area (Å²) in [4.78, 5) is 0. The van der Waals surface area contributed by atoms with Crippen molar-refractivity contribution in [2.75, 3.05) is 6.54 Å². The van der Waals surface area contributed by atoms with Crippen molar-refractivity contribution >= 4 is 0 Å². The molecule has 2 nitrogen and oxygen atoms in total. The van der Waals surface area contributed by atoms with Gasteiger partial charge in [-0.1, -0.05) is 0 Å². The SMILES string of the molecule is OC1CCNC(C(F)(F)F)C1. The van der Waals surface area contributed by atoms with E-state index in [1.54, 1.807) is 0 Å². The number of hydrogen-bond acceptors (Lipinski definition) is 2. The molecule has 2 N–H and O–H groups in total. The zero-order chi connectivity index (χ0) is 8.48. The van der Waals surface area contributed by atoms with Gasteiger partial charge in [0.1, 0.15) is 6.04 Å². The summed E-state index contributed by atoms with van der Waals surface area (Å²) in [6, 6.07) is -1.52. The Balaban J connectivity index is 2.46. The van der Waals surface area contributed by atoms with Gasteiger partial charge in [-0.15, -0.1) is 0 Å². The predicted octanol–water partition coefficient (Wildman–Crippen LogP) is 0.662. The van der Waals surface area contributed by atoms with E-state index in [4.69, 9.17) is 5.11 Å². The molecule has 2 atom stereocenters. The van der Waals surface area contributed by atoms with Gasteiger partial charge in [-0.05, 0) is 19.4 Å². The Morgan fingerprint density at radius 2 is 2.00 bits per heavy atom. The van der Waals surface area contributed by atoms with Crippen LogP contribution in [0.25, 0.3) is 0 Å². The van der Waals surface area contributed by atoms with Gasteiger partial charge in [-0.2, -0.15) is 13.2 Å². The molecule has 5 heteroatoms. The van der Waals surface area contributed by atoms with Crippen LogP contribution >= 0.6 is 0 Å². The van der Waals surface area contributed by atoms with Crippen molar-refractivity contribution in [1.82, 2.24) is 5.32 Å². The molecule has 1 heterocycles. The summed E-state index contributed by atoms with van der Waals surface area (Å²) in [6.45, 7) is 0.241. The van der Waals surface area contributed by atoms with Crippen LogP contribution in [0.15, 0.2) is 0 Å². The van der Waals surface area contributed by atoms with Gasteiger partial charge in [0, 0.05) is 0 Å². The molecule has 0 aromatic carbocycles. The number of aliphatic hydroxyl groups excluding tert-OH is 1. The maximum atomic E-state index is 11.9. The molecule has 1 aliphatic rings. The van der Waals surface area contributed by atoms with Gasteiger partial charge in [-0.3, -0.25) is 0 Å². The second-order valence-corrected chi connectivity index (χ2v) is 2.73. The van der Waals surface area contributed by atoms with E-state index in [9.17, 15) is 13.2 Å². The number of alkyl halides is 3. The zero-order valence-corrected chi connectivity index (χ0v) is 5.86. The minimum Gasteiger partial charge on any atom is -0.393 e. The summed E-state index contributed by atoms with van der Waals surface area (Å²) in [5.74, 6) is 0. The van der Waals surface area contributed by atoms with Crippen LogP contribution in [-0.2, 0) is 0 Å². The molecule has 0 aromatic heterocycles. The molecule has 1 fully saturated rings. The van der Waals surface area contributed by atoms with Gasteiger partial charge in [-0.25, -0.2) is 0 Å². The predicted molar refractivity (Wildman–Crippen MR) is 33.1 cm³/mol. The number of halogens is 3. The number of piperidine rings is 1. The van der Waals surface area contributed by atoms with Gasteiger partial charge in [0.05, 0.1) is 6.10 Å². The first-order valence-electron chi connectivity index (χ1n) is 3.48. The van der Waals surface area contributed by atoms with E-state index in [-0.39, 0.29) is 13.0 Å². The number of nitrogens with one attached hydrogen (secondary N) is 1. The van der Waals surface area contributed by atoms with Crippen LogP contribution in [0.5, 0.6) is 0 Å². The molecule has 0 saturated carbocycles. The van der Waals surface area contributed by atoms with Crippen LogP contribution < -0.4 is 5.32 Å². The normalized spacial score (nSPS) is 33.8. The molecule has 11 heavy (non-hydrogen) atoms. The van der Waals surface area contributed by atoms with Crippen LogP contribution in [0.1, 0.15) is 12.8 Å². The molecular weight excluding hydrogens is 159 g/mol. The molecule has 66 valence electrons. The van der Waals surface area contributed by atoms with E-state index in [1.165, 1.54) is 0 Å². The van der Waals surface area contributed by atoms with E-state index in [1.807, 2.05) is 0 Å². The molecule has 2 unspecified atom stereocenters. The smallest absolute Gasteiger partial charge is 0.393 e. The van der Waals surface area contributed by atoms with Crippen molar-refractivity contribution in [3.05, 3.63) is 0 Å². The molecule has 0 radical (unpaired) electrons. The highest BCUT2D eigenvalue weighted by molar-refractivity contribution is 4.82. The average molecular weight is 169 g/mol. The number of hydrogen-bond donors (Lipinski definition) is 2. The molecule has 0 aliphatic carbocycles. The fraction of sp³-hybridized carbons (Fsp3) is 1.00. The lowest BCUT2D eigenvalue weighted by Gasteiger charge is -2.28. The van der Waals surface area contributed by atoms with E-state index in [2.05, 4.69) is 5.32 Å². The second kappa shape index (κ2) is 2.98. The van der Waals surface area contributed by atoms with Gasteiger partial charge in [0.2, 0.25) is 0 Å². The van der Waals surface area contributed by atoms with Gasteiger partial charge >= 0.3 is 6.18 Å². The largest absolute Gasteiger partial charge is 0.403 e. The quantitative estimate of drug-likeness (QED) is 0.558. The van der Waals surface area contributed by atoms with Crippen molar-refractivity contribution in [2.24, 2.45) is 0 Å². The molecule has 1 saturated heterocycles. The topological polar surface area (TPSA) is 32.3 Å². The monoisotopic (exact) mass is 169 g/mol. The van der Waals surface area contributed by atoms with Crippen molar-refractivity contribution in [3.8, 4) is 0 Å². The first-order chi connectivity index (χ1) is 5.00. The third kappa shape index (κ3) is 2.34. The lowest BCUT2D eigenvalue weighted by molar-refractivity contribution is -0.167. The molecule has 0 bridgehead atoms. The first-order valence-corrected chi connectivity index (χ1v) is 3.48. The van der Waals surface area contributed by atoms with E-state index < -0.39 is 18.3 Å². The van der Waals surface area contributed by atoms with E-state index in [0.717, 1.165) is 0 Å². The molecule has 0 aromatic rings. The Morgan fingerprint density at radius 1 is 1.36 bits per heavy atom. The van der Waals surface area contributed by atoms with Crippen LogP contribution in [0, 0.1) is 0 Å². The first kappa shape index (κ1) is 8.80. The van der Waals surface area contributed by atoms with E-state index >= 15 is 0 Å². The Kier molecular flexibility index (Phi) is 2.39. The van der Waals surface area contributed by atoms with E-state index in [0.29, 0.717) is 6.42 Å². The molecule has 1 rings (SSSR count). The Labute approximate surface area is 62.4 Å². The van der Waals surface area contributed by atoms with Crippen LogP contribution in [-0.4, -0.2) is 30.0 Å². The van der Waals surface area contributed by atoms with Gasteiger partial charge in [0.25, 0.3) is 0 Å². The lowest BCUT2D eigenvalue weighted by Crippen LogP contribution is -2.49. The highest BCUT2D eigenvalue weighted by Crippen LogP contribution is 2.25. The van der Waals surface area contributed by atoms with Crippen LogP contribution in [0.4, 0.5) is 13.2 Å². The summed E-state index contributed by atoms with van der Waals surface area (Å²) in [7, 11) is 0. The number of rotatable bonds is 0. The third-order valence-corrected chi connectivity index (χ3v) is 1.77. The zero-order valence-electron chi connectivity index (χ0n) is 5.86. The van der Waals surface area contributed by atoms with Crippen LogP contribution in [0.2, 0.25) is 0 Å². The molecule has 0 spiro atoms.